The van der Waals surface area contributed by atoms with Crippen LogP contribution in [0.2, 0.25) is 0 Å². The van der Waals surface area contributed by atoms with Crippen molar-refractivity contribution in [1.82, 2.24) is 10.6 Å². The predicted molar refractivity (Wildman–Crippen MR) is 101 cm³/mol. The summed E-state index contributed by atoms with van der Waals surface area (Å²) in [4.78, 5) is 25.2. The molecule has 0 bridgehead atoms. The number of phenolic OH excluding ortho intramolecular Hbond substituents is 1. The lowest BCUT2D eigenvalue weighted by molar-refractivity contribution is -0.287. The summed E-state index contributed by atoms with van der Waals surface area (Å²) < 4.78 is 51.7. The van der Waals surface area contributed by atoms with Crippen molar-refractivity contribution in [3.63, 3.8) is 0 Å². The summed E-state index contributed by atoms with van der Waals surface area (Å²) in [7, 11) is 2.61. The lowest BCUT2D eigenvalue weighted by atomic mass is 9.77. The Morgan fingerprint density at radius 1 is 1.10 bits per heavy atom. The van der Waals surface area contributed by atoms with Crippen molar-refractivity contribution >= 4 is 11.8 Å². The van der Waals surface area contributed by atoms with E-state index in [9.17, 15) is 33.0 Å². The SMILES string of the molecule is COc1ccc(C(=O)[C@@H]2[C@H](c3ccc(O)c(OC)c3)NC(=O)N[C@]2(O)C(F)(F)F)cc1. The number of halogens is 3. The van der Waals surface area contributed by atoms with Gasteiger partial charge in [-0.2, -0.15) is 13.2 Å². The van der Waals surface area contributed by atoms with E-state index in [2.05, 4.69) is 5.32 Å². The summed E-state index contributed by atoms with van der Waals surface area (Å²) in [6.07, 6.45) is -5.38. The average molecular weight is 440 g/mol. The third-order valence-corrected chi connectivity index (χ3v) is 5.03. The first-order valence-electron chi connectivity index (χ1n) is 8.94. The predicted octanol–water partition coefficient (Wildman–Crippen LogP) is 2.51. The number of methoxy groups -OCH3 is 2. The molecule has 0 saturated carbocycles. The quantitative estimate of drug-likeness (QED) is 0.531. The first-order valence-corrected chi connectivity index (χ1v) is 8.94. The van der Waals surface area contributed by atoms with Crippen LogP contribution in [0.15, 0.2) is 42.5 Å². The number of aliphatic hydroxyl groups is 1. The molecule has 1 aliphatic rings. The molecule has 11 heteroatoms. The first kappa shape index (κ1) is 22.2. The van der Waals surface area contributed by atoms with E-state index in [0.717, 1.165) is 6.07 Å². The largest absolute Gasteiger partial charge is 0.504 e. The fraction of sp³-hybridized carbons (Fsp3) is 0.300. The Hall–Kier alpha value is -3.47. The molecule has 3 rings (SSSR count). The Bertz CT molecular complexity index is 995. The monoisotopic (exact) mass is 440 g/mol. The van der Waals surface area contributed by atoms with Crippen LogP contribution >= 0.6 is 0 Å². The van der Waals surface area contributed by atoms with Gasteiger partial charge in [-0.1, -0.05) is 6.07 Å². The van der Waals surface area contributed by atoms with Crippen LogP contribution in [-0.4, -0.2) is 48.1 Å². The van der Waals surface area contributed by atoms with E-state index >= 15 is 0 Å². The van der Waals surface area contributed by atoms with Crippen LogP contribution in [0, 0.1) is 5.92 Å². The van der Waals surface area contributed by atoms with E-state index < -0.39 is 35.7 Å². The van der Waals surface area contributed by atoms with Crippen LogP contribution in [0.5, 0.6) is 17.2 Å². The van der Waals surface area contributed by atoms with Crippen LogP contribution in [0.3, 0.4) is 0 Å². The Morgan fingerprint density at radius 2 is 1.74 bits per heavy atom. The van der Waals surface area contributed by atoms with E-state index in [1.807, 2.05) is 0 Å². The molecule has 3 atom stereocenters. The van der Waals surface area contributed by atoms with Gasteiger partial charge in [0.15, 0.2) is 17.3 Å². The average Bonchev–Trinajstić information content (AvgIpc) is 2.72. The molecule has 0 radical (unpaired) electrons. The number of phenols is 1. The van der Waals surface area contributed by atoms with Gasteiger partial charge in [0.05, 0.1) is 20.3 Å². The van der Waals surface area contributed by atoms with Gasteiger partial charge in [0.25, 0.3) is 0 Å². The van der Waals surface area contributed by atoms with Gasteiger partial charge in [-0.05, 0) is 42.0 Å². The second kappa shape index (κ2) is 7.99. The molecule has 166 valence electrons. The minimum atomic E-state index is -5.38. The van der Waals surface area contributed by atoms with Gasteiger partial charge < -0.3 is 30.3 Å². The van der Waals surface area contributed by atoms with Crippen LogP contribution in [-0.2, 0) is 0 Å². The molecule has 1 fully saturated rings. The molecule has 1 aliphatic heterocycles. The molecule has 1 heterocycles. The number of ether oxygens (including phenoxy) is 2. The molecule has 2 amide bonds. The van der Waals surface area contributed by atoms with Crippen LogP contribution in [0.25, 0.3) is 0 Å². The second-order valence-electron chi connectivity index (χ2n) is 6.84. The van der Waals surface area contributed by atoms with Crippen molar-refractivity contribution in [3.8, 4) is 17.2 Å². The maximum absolute atomic E-state index is 13.9. The molecule has 2 aromatic carbocycles. The summed E-state index contributed by atoms with van der Waals surface area (Å²) in [5.74, 6) is -3.29. The van der Waals surface area contributed by atoms with Crippen LogP contribution in [0.4, 0.5) is 18.0 Å². The topological polar surface area (TPSA) is 117 Å². The number of urea groups is 1. The summed E-state index contributed by atoms with van der Waals surface area (Å²) in [6, 6.07) is 5.90. The maximum atomic E-state index is 13.9. The van der Waals surface area contributed by atoms with Gasteiger partial charge in [0, 0.05) is 5.56 Å². The third-order valence-electron chi connectivity index (χ3n) is 5.03. The van der Waals surface area contributed by atoms with Crippen LogP contribution in [0.1, 0.15) is 22.0 Å². The van der Waals surface area contributed by atoms with E-state index in [0.29, 0.717) is 5.75 Å². The minimum absolute atomic E-state index is 0.0130. The van der Waals surface area contributed by atoms with Crippen molar-refractivity contribution in [2.45, 2.75) is 17.9 Å². The van der Waals surface area contributed by atoms with E-state index in [-0.39, 0.29) is 22.6 Å². The summed E-state index contributed by atoms with van der Waals surface area (Å²) in [5.41, 5.74) is -3.98. The molecule has 2 aromatic rings. The van der Waals surface area contributed by atoms with Crippen molar-refractivity contribution < 1.29 is 42.4 Å². The molecular formula is C20H19F3N2O6. The molecule has 4 N–H and O–H groups in total. The molecule has 0 aromatic heterocycles. The standard InChI is InChI=1S/C20H19F3N2O6/c1-30-12-6-3-10(4-7-12)17(27)15-16(11-5-8-13(26)14(9-11)31-2)24-18(28)25-19(15,29)20(21,22)23/h3-9,15-16,26,29H,1-2H3,(H2,24,25,28)/t15-,16-,19+/m0/s1. The number of Topliss-reactive ketones (excluding diaryl/α,β-unsaturated/α-hetero) is 1. The van der Waals surface area contributed by atoms with E-state index in [1.165, 1.54) is 55.9 Å². The van der Waals surface area contributed by atoms with Gasteiger partial charge in [0.2, 0.25) is 5.72 Å². The summed E-state index contributed by atoms with van der Waals surface area (Å²) in [6.45, 7) is 0. The number of alkyl halides is 3. The molecule has 0 aliphatic carbocycles. The Balaban J connectivity index is 2.16. The fourth-order valence-electron chi connectivity index (χ4n) is 3.44. The maximum Gasteiger partial charge on any atom is 0.437 e. The van der Waals surface area contributed by atoms with Gasteiger partial charge in [-0.3, -0.25) is 4.79 Å². The number of benzene rings is 2. The van der Waals surface area contributed by atoms with Gasteiger partial charge in [0.1, 0.15) is 11.7 Å². The van der Waals surface area contributed by atoms with Gasteiger partial charge >= 0.3 is 12.2 Å². The number of nitrogens with one attached hydrogen (secondary N) is 2. The highest BCUT2D eigenvalue weighted by Crippen LogP contribution is 2.45. The molecule has 1 saturated heterocycles. The summed E-state index contributed by atoms with van der Waals surface area (Å²) in [5, 5.41) is 24.1. The third kappa shape index (κ3) is 3.96. The number of carbonyl (C=O) groups excluding carboxylic acids is 2. The fourth-order valence-corrected chi connectivity index (χ4v) is 3.44. The zero-order valence-corrected chi connectivity index (χ0v) is 16.4. The number of ketones is 1. The molecular weight excluding hydrogens is 421 g/mol. The van der Waals surface area contributed by atoms with Crippen molar-refractivity contribution in [1.29, 1.82) is 0 Å². The van der Waals surface area contributed by atoms with E-state index in [4.69, 9.17) is 9.47 Å². The highest BCUT2D eigenvalue weighted by molar-refractivity contribution is 6.00. The van der Waals surface area contributed by atoms with Crippen LogP contribution < -0.4 is 20.1 Å². The van der Waals surface area contributed by atoms with Gasteiger partial charge in [-0.25, -0.2) is 4.79 Å². The highest BCUT2D eigenvalue weighted by Gasteiger charge is 2.66. The van der Waals surface area contributed by atoms with Crippen molar-refractivity contribution in [3.05, 3.63) is 53.6 Å². The number of hydrogen-bond acceptors (Lipinski definition) is 6. The molecule has 8 nitrogen and oxygen atoms in total. The van der Waals surface area contributed by atoms with Gasteiger partial charge in [-0.15, -0.1) is 0 Å². The first-order chi connectivity index (χ1) is 14.5. The lowest BCUT2D eigenvalue weighted by Gasteiger charge is -2.45. The van der Waals surface area contributed by atoms with Crippen molar-refractivity contribution in [2.24, 2.45) is 5.92 Å². The number of aromatic hydroxyl groups is 1. The zero-order valence-electron chi connectivity index (χ0n) is 16.4. The molecule has 0 unspecified atom stereocenters. The number of carbonyl (C=O) groups is 2. The number of rotatable bonds is 5. The Kier molecular flexibility index (Phi) is 5.72. The lowest BCUT2D eigenvalue weighted by Crippen LogP contribution is -2.72. The normalized spacial score (nSPS) is 23.5. The molecule has 31 heavy (non-hydrogen) atoms. The van der Waals surface area contributed by atoms with Crippen molar-refractivity contribution in [2.75, 3.05) is 14.2 Å². The second-order valence-corrected chi connectivity index (χ2v) is 6.84. The Labute approximate surface area is 174 Å². The highest BCUT2D eigenvalue weighted by atomic mass is 19.4. The smallest absolute Gasteiger partial charge is 0.437 e. The zero-order chi connectivity index (χ0) is 23.0. The minimum Gasteiger partial charge on any atom is -0.504 e. The number of hydrogen-bond donors (Lipinski definition) is 4. The molecule has 0 spiro atoms. The summed E-state index contributed by atoms with van der Waals surface area (Å²) >= 11 is 0. The number of amides is 2. The Morgan fingerprint density at radius 3 is 2.29 bits per heavy atom. The van der Waals surface area contributed by atoms with E-state index in [1.54, 1.807) is 0 Å².